The molecule has 0 spiro atoms. The number of carbonyl (C=O) groups is 2. The highest BCUT2D eigenvalue weighted by Crippen LogP contribution is 2.22. The second-order valence-electron chi connectivity index (χ2n) is 6.20. The van der Waals surface area contributed by atoms with Crippen LogP contribution in [0.3, 0.4) is 0 Å². The van der Waals surface area contributed by atoms with E-state index in [4.69, 9.17) is 10.5 Å². The summed E-state index contributed by atoms with van der Waals surface area (Å²) in [4.78, 5) is 33.3. The number of primary amides is 1. The maximum absolute atomic E-state index is 12.2. The predicted octanol–water partition coefficient (Wildman–Crippen LogP) is 0.752. The molecule has 2 rings (SSSR count). The Labute approximate surface area is 129 Å². The Morgan fingerprint density at radius 3 is 2.55 bits per heavy atom. The number of carbonyl (C=O) groups excluding carboxylic acids is 2. The van der Waals surface area contributed by atoms with Crippen molar-refractivity contribution in [1.82, 2.24) is 14.9 Å². The summed E-state index contributed by atoms with van der Waals surface area (Å²) in [6.45, 7) is 5.62. The van der Waals surface area contributed by atoms with Gasteiger partial charge in [0, 0.05) is 25.0 Å². The smallest absolute Gasteiger partial charge is 0.411 e. The fourth-order valence-electron chi connectivity index (χ4n) is 2.29. The van der Waals surface area contributed by atoms with Crippen LogP contribution in [-0.4, -0.2) is 51.1 Å². The summed E-state index contributed by atoms with van der Waals surface area (Å²) >= 11 is 0. The zero-order valence-electron chi connectivity index (χ0n) is 12.9. The summed E-state index contributed by atoms with van der Waals surface area (Å²) in [5.41, 5.74) is 4.77. The number of ether oxygens (including phenoxy) is 1. The molecule has 2 atom stereocenters. The zero-order chi connectivity index (χ0) is 16.3. The van der Waals surface area contributed by atoms with Gasteiger partial charge in [-0.05, 0) is 33.3 Å². The first kappa shape index (κ1) is 16.0. The summed E-state index contributed by atoms with van der Waals surface area (Å²) in [5.74, 6) is -0.106. The summed E-state index contributed by atoms with van der Waals surface area (Å²) in [6, 6.07) is 0.849. The molecule has 1 aliphatic heterocycles. The van der Waals surface area contributed by atoms with Crippen LogP contribution in [0.25, 0.3) is 0 Å². The van der Waals surface area contributed by atoms with Crippen LogP contribution in [0.5, 0.6) is 0 Å². The van der Waals surface area contributed by atoms with Crippen LogP contribution in [0.2, 0.25) is 0 Å². The molecule has 1 aliphatic rings. The Morgan fingerprint density at radius 1 is 1.36 bits per heavy atom. The van der Waals surface area contributed by atoms with Gasteiger partial charge in [0.25, 0.3) is 0 Å². The number of nitrogens with two attached hydrogens (primary N) is 1. The van der Waals surface area contributed by atoms with Crippen LogP contribution < -0.4 is 11.1 Å². The molecule has 22 heavy (non-hydrogen) atoms. The van der Waals surface area contributed by atoms with Gasteiger partial charge < -0.3 is 15.8 Å². The third-order valence-corrected chi connectivity index (χ3v) is 3.16. The van der Waals surface area contributed by atoms with Gasteiger partial charge in [-0.2, -0.15) is 0 Å². The van der Waals surface area contributed by atoms with E-state index < -0.39 is 23.6 Å². The molecular weight excluding hydrogens is 286 g/mol. The summed E-state index contributed by atoms with van der Waals surface area (Å²) < 4.78 is 5.32. The van der Waals surface area contributed by atoms with Crippen LogP contribution >= 0.6 is 0 Å². The van der Waals surface area contributed by atoms with Gasteiger partial charge in [-0.15, -0.1) is 0 Å². The van der Waals surface area contributed by atoms with E-state index in [2.05, 4.69) is 15.3 Å². The minimum atomic E-state index is -0.698. The fourth-order valence-corrected chi connectivity index (χ4v) is 2.29. The molecule has 0 bridgehead atoms. The molecule has 3 N–H and O–H groups in total. The van der Waals surface area contributed by atoms with Crippen molar-refractivity contribution in [3.63, 3.8) is 0 Å². The Balaban J connectivity index is 2.06. The molecule has 0 unspecified atom stereocenters. The Morgan fingerprint density at radius 2 is 2.00 bits per heavy atom. The Bertz CT molecular complexity index is 543. The first-order chi connectivity index (χ1) is 10.3. The van der Waals surface area contributed by atoms with Crippen molar-refractivity contribution in [3.8, 4) is 0 Å². The minimum Gasteiger partial charge on any atom is -0.444 e. The number of hydrogen-bond acceptors (Lipinski definition) is 6. The van der Waals surface area contributed by atoms with Gasteiger partial charge in [0.05, 0.1) is 0 Å². The number of hydrogen-bond donors (Lipinski definition) is 2. The molecule has 8 heteroatoms. The molecule has 1 fully saturated rings. The van der Waals surface area contributed by atoms with Crippen molar-refractivity contribution in [2.24, 2.45) is 5.73 Å². The average Bonchev–Trinajstić information content (AvgIpc) is 2.82. The molecule has 1 aromatic heterocycles. The Hall–Kier alpha value is -2.38. The molecule has 0 aliphatic carbocycles. The molecule has 0 aromatic carbocycles. The van der Waals surface area contributed by atoms with Crippen molar-refractivity contribution in [1.29, 1.82) is 0 Å². The lowest BCUT2D eigenvalue weighted by Crippen LogP contribution is -2.45. The number of nitrogens with one attached hydrogen (secondary N) is 1. The van der Waals surface area contributed by atoms with Gasteiger partial charge in [0.1, 0.15) is 11.6 Å². The third kappa shape index (κ3) is 4.06. The van der Waals surface area contributed by atoms with Gasteiger partial charge in [0.15, 0.2) is 0 Å². The molecule has 0 radical (unpaired) electrons. The minimum absolute atomic E-state index is 0.160. The van der Waals surface area contributed by atoms with Crippen LogP contribution in [0.4, 0.5) is 10.7 Å². The third-order valence-electron chi connectivity index (χ3n) is 3.16. The van der Waals surface area contributed by atoms with Gasteiger partial charge in [-0.1, -0.05) is 0 Å². The van der Waals surface area contributed by atoms with Crippen molar-refractivity contribution < 1.29 is 14.3 Å². The first-order valence-electron chi connectivity index (χ1n) is 7.09. The van der Waals surface area contributed by atoms with E-state index in [1.165, 1.54) is 4.90 Å². The monoisotopic (exact) mass is 307 g/mol. The van der Waals surface area contributed by atoms with Crippen molar-refractivity contribution in [3.05, 3.63) is 18.5 Å². The lowest BCUT2D eigenvalue weighted by Gasteiger charge is -2.27. The number of amides is 2. The molecule has 120 valence electrons. The summed E-state index contributed by atoms with van der Waals surface area (Å²) in [7, 11) is 0. The number of anilines is 1. The quantitative estimate of drug-likeness (QED) is 0.852. The predicted molar refractivity (Wildman–Crippen MR) is 80.0 cm³/mol. The zero-order valence-corrected chi connectivity index (χ0v) is 12.9. The largest absolute Gasteiger partial charge is 0.444 e. The van der Waals surface area contributed by atoms with Crippen LogP contribution in [0.1, 0.15) is 27.2 Å². The van der Waals surface area contributed by atoms with E-state index in [1.807, 2.05) is 0 Å². The molecule has 8 nitrogen and oxygen atoms in total. The normalized spacial score (nSPS) is 21.5. The number of rotatable bonds is 3. The van der Waals surface area contributed by atoms with Gasteiger partial charge in [-0.3, -0.25) is 9.69 Å². The highest BCUT2D eigenvalue weighted by Gasteiger charge is 2.40. The first-order valence-corrected chi connectivity index (χ1v) is 7.09. The van der Waals surface area contributed by atoms with Crippen LogP contribution in [0.15, 0.2) is 18.5 Å². The second kappa shape index (κ2) is 6.17. The van der Waals surface area contributed by atoms with E-state index in [-0.39, 0.29) is 6.04 Å². The molecule has 2 amide bonds. The van der Waals surface area contributed by atoms with Crippen molar-refractivity contribution in [2.75, 3.05) is 11.9 Å². The maximum Gasteiger partial charge on any atom is 0.411 e. The average molecular weight is 307 g/mol. The SMILES string of the molecule is CC(C)(C)OC(=O)N1C[C@H](Nc2ncccn2)C[C@H]1C(N)=O. The van der Waals surface area contributed by atoms with Gasteiger partial charge in [0.2, 0.25) is 11.9 Å². The molecule has 0 saturated carbocycles. The van der Waals surface area contributed by atoms with Gasteiger partial charge in [-0.25, -0.2) is 14.8 Å². The molecule has 1 saturated heterocycles. The summed E-state index contributed by atoms with van der Waals surface area (Å²) in [6.07, 6.45) is 3.07. The van der Waals surface area contributed by atoms with Crippen molar-refractivity contribution >= 4 is 17.9 Å². The topological polar surface area (TPSA) is 110 Å². The lowest BCUT2D eigenvalue weighted by molar-refractivity contribution is -0.122. The van der Waals surface area contributed by atoms with E-state index in [0.29, 0.717) is 18.9 Å². The molecule has 2 heterocycles. The maximum atomic E-state index is 12.2. The Kier molecular flexibility index (Phi) is 4.48. The van der Waals surface area contributed by atoms with E-state index >= 15 is 0 Å². The standard InChI is InChI=1S/C14H21N5O3/c1-14(2,3)22-13(21)19-8-9(7-10(19)11(15)20)18-12-16-5-4-6-17-12/h4-6,9-10H,7-8H2,1-3H3,(H2,15,20)(H,16,17,18)/t9-,10+/m1/s1. The van der Waals surface area contributed by atoms with E-state index in [1.54, 1.807) is 39.2 Å². The highest BCUT2D eigenvalue weighted by molar-refractivity contribution is 5.85. The highest BCUT2D eigenvalue weighted by atomic mass is 16.6. The van der Waals surface area contributed by atoms with Gasteiger partial charge >= 0.3 is 6.09 Å². The second-order valence-corrected chi connectivity index (χ2v) is 6.20. The molecule has 1 aromatic rings. The summed E-state index contributed by atoms with van der Waals surface area (Å²) in [5, 5.41) is 3.09. The number of likely N-dealkylation sites (tertiary alicyclic amines) is 1. The van der Waals surface area contributed by atoms with E-state index in [0.717, 1.165) is 0 Å². The number of aromatic nitrogens is 2. The van der Waals surface area contributed by atoms with E-state index in [9.17, 15) is 9.59 Å². The number of nitrogens with zero attached hydrogens (tertiary/aromatic N) is 3. The van der Waals surface area contributed by atoms with Crippen molar-refractivity contribution in [2.45, 2.75) is 44.9 Å². The lowest BCUT2D eigenvalue weighted by atomic mass is 10.1. The van der Waals surface area contributed by atoms with Crippen LogP contribution in [0, 0.1) is 0 Å². The van der Waals surface area contributed by atoms with Crippen LogP contribution in [-0.2, 0) is 9.53 Å². The fraction of sp³-hybridized carbons (Fsp3) is 0.571. The molecular formula is C14H21N5O3.